The van der Waals surface area contributed by atoms with Gasteiger partial charge in [0.2, 0.25) is 0 Å². The summed E-state index contributed by atoms with van der Waals surface area (Å²) < 4.78 is 12.2. The fourth-order valence-corrected chi connectivity index (χ4v) is 3.19. The minimum atomic E-state index is -0.127. The normalized spacial score (nSPS) is 16.6. The van der Waals surface area contributed by atoms with Crippen molar-refractivity contribution in [2.24, 2.45) is 5.41 Å². The van der Waals surface area contributed by atoms with Crippen molar-refractivity contribution in [3.63, 3.8) is 0 Å². The summed E-state index contributed by atoms with van der Waals surface area (Å²) in [5, 5.41) is 0. The first-order chi connectivity index (χ1) is 9.45. The van der Waals surface area contributed by atoms with Crippen LogP contribution in [0.5, 0.6) is 11.5 Å². The Labute approximate surface area is 128 Å². The van der Waals surface area contributed by atoms with E-state index in [1.54, 1.807) is 0 Å². The van der Waals surface area contributed by atoms with Crippen molar-refractivity contribution in [3.05, 3.63) is 23.8 Å². The van der Waals surface area contributed by atoms with E-state index in [2.05, 4.69) is 52.5 Å². The zero-order chi connectivity index (χ0) is 14.8. The largest absolute Gasteiger partial charge is 0.489 e. The molecule has 1 heterocycles. The van der Waals surface area contributed by atoms with Crippen molar-refractivity contribution >= 4 is 12.6 Å². The quantitative estimate of drug-likeness (QED) is 0.778. The maximum atomic E-state index is 6.11. The Morgan fingerprint density at radius 2 is 2.00 bits per heavy atom. The number of hydrogen-bond acceptors (Lipinski definition) is 3. The fraction of sp³-hybridized carbons (Fsp3) is 0.647. The number of benzene rings is 1. The number of thiol groups is 1. The summed E-state index contributed by atoms with van der Waals surface area (Å²) in [7, 11) is 0. The topological polar surface area (TPSA) is 18.5 Å². The number of para-hydroxylation sites is 1. The minimum absolute atomic E-state index is 0.127. The summed E-state index contributed by atoms with van der Waals surface area (Å²) in [5.41, 5.74) is 1.27. The lowest BCUT2D eigenvalue weighted by atomic mass is 9.85. The molecule has 112 valence electrons. The number of rotatable bonds is 6. The van der Waals surface area contributed by atoms with Crippen molar-refractivity contribution < 1.29 is 9.47 Å². The van der Waals surface area contributed by atoms with E-state index < -0.39 is 0 Å². The highest BCUT2D eigenvalue weighted by Crippen LogP contribution is 2.42. The molecule has 1 aliphatic heterocycles. The lowest BCUT2D eigenvalue weighted by Crippen LogP contribution is -2.29. The van der Waals surface area contributed by atoms with E-state index in [9.17, 15) is 0 Å². The van der Waals surface area contributed by atoms with Gasteiger partial charge in [-0.3, -0.25) is 0 Å². The maximum absolute atomic E-state index is 6.11. The lowest BCUT2D eigenvalue weighted by Gasteiger charge is -2.30. The van der Waals surface area contributed by atoms with E-state index in [0.717, 1.165) is 36.5 Å². The van der Waals surface area contributed by atoms with Crippen LogP contribution >= 0.6 is 12.6 Å². The second kappa shape index (κ2) is 5.88. The molecule has 0 fully saturated rings. The van der Waals surface area contributed by atoms with Crippen LogP contribution in [0.15, 0.2) is 18.2 Å². The predicted octanol–water partition coefficient (Wildman–Crippen LogP) is 4.52. The summed E-state index contributed by atoms with van der Waals surface area (Å²) in [6.45, 7) is 9.35. The summed E-state index contributed by atoms with van der Waals surface area (Å²) in [6.07, 6.45) is 3.10. The fourth-order valence-electron chi connectivity index (χ4n) is 2.66. The van der Waals surface area contributed by atoms with E-state index in [1.807, 2.05) is 6.07 Å². The third-order valence-corrected chi connectivity index (χ3v) is 5.10. The highest BCUT2D eigenvalue weighted by atomic mass is 32.1. The Morgan fingerprint density at radius 1 is 1.30 bits per heavy atom. The number of hydrogen-bond donors (Lipinski definition) is 1. The van der Waals surface area contributed by atoms with Gasteiger partial charge in [0.15, 0.2) is 11.5 Å². The van der Waals surface area contributed by atoms with Crippen LogP contribution in [0.25, 0.3) is 0 Å². The van der Waals surface area contributed by atoms with Crippen LogP contribution in [0, 0.1) is 5.41 Å². The summed E-state index contributed by atoms with van der Waals surface area (Å²) in [4.78, 5) is 0. The maximum Gasteiger partial charge on any atom is 0.165 e. The van der Waals surface area contributed by atoms with Gasteiger partial charge in [0.25, 0.3) is 0 Å². The van der Waals surface area contributed by atoms with E-state index in [-0.39, 0.29) is 11.0 Å². The third kappa shape index (κ3) is 3.08. The Kier molecular flexibility index (Phi) is 4.58. The highest BCUT2D eigenvalue weighted by molar-refractivity contribution is 7.80. The Bertz CT molecular complexity index is 456. The average Bonchev–Trinajstić information content (AvgIpc) is 2.75. The molecule has 1 aromatic rings. The average molecular weight is 294 g/mol. The van der Waals surface area contributed by atoms with Gasteiger partial charge in [-0.1, -0.05) is 26.0 Å². The van der Waals surface area contributed by atoms with Crippen LogP contribution in [0.3, 0.4) is 0 Å². The predicted molar refractivity (Wildman–Crippen MR) is 87.2 cm³/mol. The molecule has 0 spiro atoms. The van der Waals surface area contributed by atoms with Gasteiger partial charge in [0, 0.05) is 17.4 Å². The van der Waals surface area contributed by atoms with Gasteiger partial charge in [0.05, 0.1) is 6.61 Å². The molecule has 2 rings (SSSR count). The molecule has 0 atom stereocenters. The van der Waals surface area contributed by atoms with E-state index in [4.69, 9.17) is 9.47 Å². The highest BCUT2D eigenvalue weighted by Gasteiger charge is 2.33. The molecule has 0 unspecified atom stereocenters. The summed E-state index contributed by atoms with van der Waals surface area (Å²) in [6, 6.07) is 6.19. The molecule has 2 nitrogen and oxygen atoms in total. The van der Waals surface area contributed by atoms with Crippen molar-refractivity contribution in [2.45, 2.75) is 52.6 Å². The molecule has 0 saturated carbocycles. The lowest BCUT2D eigenvalue weighted by molar-refractivity contribution is 0.120. The molecule has 0 bridgehead atoms. The molecule has 1 aliphatic rings. The molecule has 0 aromatic heterocycles. The summed E-state index contributed by atoms with van der Waals surface area (Å²) >= 11 is 4.51. The van der Waals surface area contributed by atoms with Crippen LogP contribution in [0.4, 0.5) is 0 Å². The molecule has 20 heavy (non-hydrogen) atoms. The van der Waals surface area contributed by atoms with Crippen LogP contribution in [-0.4, -0.2) is 18.0 Å². The molecule has 1 aromatic carbocycles. The molecule has 0 saturated heterocycles. The molecular formula is C17H26O2S. The Hall–Kier alpha value is -0.830. The second-order valence-electron chi connectivity index (χ2n) is 6.44. The smallest absolute Gasteiger partial charge is 0.165 e. The molecular weight excluding hydrogens is 268 g/mol. The van der Waals surface area contributed by atoms with Gasteiger partial charge in [-0.2, -0.15) is 12.6 Å². The first kappa shape index (κ1) is 15.6. The van der Waals surface area contributed by atoms with E-state index >= 15 is 0 Å². The minimum Gasteiger partial charge on any atom is -0.489 e. The van der Waals surface area contributed by atoms with Gasteiger partial charge in [-0.15, -0.1) is 0 Å². The second-order valence-corrected chi connectivity index (χ2v) is 6.75. The monoisotopic (exact) mass is 294 g/mol. The van der Waals surface area contributed by atoms with Crippen molar-refractivity contribution in [3.8, 4) is 11.5 Å². The zero-order valence-electron chi connectivity index (χ0n) is 13.0. The first-order valence-electron chi connectivity index (χ1n) is 7.50. The van der Waals surface area contributed by atoms with Crippen molar-refractivity contribution in [1.29, 1.82) is 0 Å². The third-order valence-electron chi connectivity index (χ3n) is 4.42. The van der Waals surface area contributed by atoms with Crippen LogP contribution < -0.4 is 9.47 Å². The molecule has 0 N–H and O–H groups in total. The molecule has 0 aliphatic carbocycles. The number of ether oxygens (including phenoxy) is 2. The SMILES string of the molecule is CCC(CC)(CS)COc1cccc2c1OC(C)(C)C2. The molecule has 0 amide bonds. The Balaban J connectivity index is 2.15. The van der Waals surface area contributed by atoms with E-state index in [1.165, 1.54) is 5.56 Å². The molecule has 0 radical (unpaired) electrons. The van der Waals surface area contributed by atoms with Gasteiger partial charge >= 0.3 is 0 Å². The van der Waals surface area contributed by atoms with Gasteiger partial charge in [0.1, 0.15) is 5.60 Å². The standard InChI is InChI=1S/C17H26O2S/c1-5-17(6-2,12-20)11-18-14-9-7-8-13-10-16(3,4)19-15(13)14/h7-9,20H,5-6,10-12H2,1-4H3. The van der Waals surface area contributed by atoms with Gasteiger partial charge < -0.3 is 9.47 Å². The van der Waals surface area contributed by atoms with E-state index in [0.29, 0.717) is 6.61 Å². The van der Waals surface area contributed by atoms with Crippen molar-refractivity contribution in [2.75, 3.05) is 12.4 Å². The molecule has 3 heteroatoms. The summed E-state index contributed by atoms with van der Waals surface area (Å²) in [5.74, 6) is 2.65. The van der Waals surface area contributed by atoms with Gasteiger partial charge in [-0.05, 0) is 38.5 Å². The van der Waals surface area contributed by atoms with Crippen LogP contribution in [-0.2, 0) is 6.42 Å². The van der Waals surface area contributed by atoms with Crippen LogP contribution in [0.1, 0.15) is 46.1 Å². The Morgan fingerprint density at radius 3 is 2.60 bits per heavy atom. The van der Waals surface area contributed by atoms with Crippen molar-refractivity contribution in [1.82, 2.24) is 0 Å². The van der Waals surface area contributed by atoms with Crippen LogP contribution in [0.2, 0.25) is 0 Å². The number of fused-ring (bicyclic) bond motifs is 1. The first-order valence-corrected chi connectivity index (χ1v) is 8.13. The van der Waals surface area contributed by atoms with Gasteiger partial charge in [-0.25, -0.2) is 0 Å². The zero-order valence-corrected chi connectivity index (χ0v) is 13.9.